The molecule has 0 radical (unpaired) electrons. The van der Waals surface area contributed by atoms with Crippen molar-refractivity contribution in [1.29, 1.82) is 0 Å². The van der Waals surface area contributed by atoms with Gasteiger partial charge >= 0.3 is 0 Å². The summed E-state index contributed by atoms with van der Waals surface area (Å²) in [6.07, 6.45) is 0. The zero-order valence-corrected chi connectivity index (χ0v) is 29.4. The van der Waals surface area contributed by atoms with Gasteiger partial charge in [0.05, 0.1) is 10.9 Å². The first-order valence-corrected chi connectivity index (χ1v) is 18.5. The summed E-state index contributed by atoms with van der Waals surface area (Å²) < 4.78 is 21.5. The second-order valence-corrected chi connectivity index (χ2v) is 14.1. The van der Waals surface area contributed by atoms with Gasteiger partial charge in [0, 0.05) is 67.2 Å². The van der Waals surface area contributed by atoms with Gasteiger partial charge in [0.1, 0.15) is 27.9 Å². The number of rotatable bonds is 5. The Morgan fingerprint density at radius 1 is 0.345 bits per heavy atom. The van der Waals surface area contributed by atoms with Gasteiger partial charge in [0.15, 0.2) is 0 Å². The van der Waals surface area contributed by atoms with E-state index in [0.29, 0.717) is 0 Å². The summed E-state index contributed by atoms with van der Waals surface area (Å²) in [6.45, 7) is 0. The van der Waals surface area contributed by atoms with Crippen LogP contribution in [0.1, 0.15) is 0 Å². The second kappa shape index (κ2) is 11.5. The average molecular weight is 707 g/mol. The molecule has 8 aromatic carbocycles. The predicted molar refractivity (Wildman–Crippen MR) is 225 cm³/mol. The van der Waals surface area contributed by atoms with E-state index in [2.05, 4.69) is 149 Å². The molecule has 5 heteroatoms. The molecule has 0 saturated carbocycles. The number of para-hydroxylation sites is 4. The fourth-order valence-corrected chi connectivity index (χ4v) is 8.46. The predicted octanol–water partition coefficient (Wildman–Crippen LogP) is 14.5. The molecule has 0 aliphatic heterocycles. The van der Waals surface area contributed by atoms with Crippen LogP contribution in [0, 0.1) is 0 Å². The van der Waals surface area contributed by atoms with Gasteiger partial charge in [-0.1, -0.05) is 97.1 Å². The maximum absolute atomic E-state index is 6.53. The third kappa shape index (κ3) is 4.53. The lowest BCUT2D eigenvalue weighted by molar-refractivity contribution is 0.645. The first-order valence-electron chi connectivity index (χ1n) is 18.5. The van der Waals surface area contributed by atoms with Crippen LogP contribution < -0.4 is 4.90 Å². The SMILES string of the molecule is c1ccc(-n2c3cc(-c4ccc(N(c5ccc6c(c5)oc5ccccc56)c5ccc6c(c5)oc5ccccc56)cc4)ccc3c3c4ccccc4oc32)cc1. The topological polar surface area (TPSA) is 47.6 Å². The molecule has 0 bridgehead atoms. The summed E-state index contributed by atoms with van der Waals surface area (Å²) in [7, 11) is 0. The molecule has 0 aliphatic rings. The zero-order valence-electron chi connectivity index (χ0n) is 29.4. The van der Waals surface area contributed by atoms with Crippen LogP contribution in [0.4, 0.5) is 17.1 Å². The number of fused-ring (bicyclic) bond motifs is 11. The minimum absolute atomic E-state index is 0.846. The van der Waals surface area contributed by atoms with Crippen LogP contribution in [0.15, 0.2) is 195 Å². The molecule has 0 fully saturated rings. The molecule has 0 atom stereocenters. The third-order valence-corrected chi connectivity index (χ3v) is 11.0. The molecule has 55 heavy (non-hydrogen) atoms. The van der Waals surface area contributed by atoms with Crippen LogP contribution in [0.5, 0.6) is 0 Å². The highest BCUT2D eigenvalue weighted by atomic mass is 16.3. The minimum atomic E-state index is 0.846. The van der Waals surface area contributed by atoms with Crippen molar-refractivity contribution in [3.63, 3.8) is 0 Å². The van der Waals surface area contributed by atoms with Crippen molar-refractivity contribution in [1.82, 2.24) is 4.57 Å². The highest BCUT2D eigenvalue weighted by Crippen LogP contribution is 2.43. The number of hydrogen-bond acceptors (Lipinski definition) is 4. The van der Waals surface area contributed by atoms with E-state index in [0.717, 1.165) is 111 Å². The van der Waals surface area contributed by atoms with E-state index in [1.807, 2.05) is 42.5 Å². The van der Waals surface area contributed by atoms with Crippen molar-refractivity contribution in [2.24, 2.45) is 0 Å². The van der Waals surface area contributed by atoms with Crippen LogP contribution in [0.2, 0.25) is 0 Å². The summed E-state index contributed by atoms with van der Waals surface area (Å²) in [5.74, 6) is 0. The Balaban J connectivity index is 1.01. The normalized spacial score (nSPS) is 12.0. The fraction of sp³-hybridized carbons (Fsp3) is 0. The summed E-state index contributed by atoms with van der Waals surface area (Å²) in [4.78, 5) is 2.27. The van der Waals surface area contributed by atoms with Crippen molar-refractivity contribution in [3.05, 3.63) is 182 Å². The maximum atomic E-state index is 6.53. The van der Waals surface area contributed by atoms with Gasteiger partial charge < -0.3 is 18.2 Å². The second-order valence-electron chi connectivity index (χ2n) is 14.1. The van der Waals surface area contributed by atoms with Crippen molar-refractivity contribution < 1.29 is 13.3 Å². The Labute approximate surface area is 314 Å². The Bertz CT molecular complexity index is 3320. The van der Waals surface area contributed by atoms with E-state index < -0.39 is 0 Å². The summed E-state index contributed by atoms with van der Waals surface area (Å²) >= 11 is 0. The largest absolute Gasteiger partial charge is 0.456 e. The molecule has 0 unspecified atom stereocenters. The Morgan fingerprint density at radius 2 is 0.836 bits per heavy atom. The molecule has 0 amide bonds. The first-order chi connectivity index (χ1) is 27.2. The quantitative estimate of drug-likeness (QED) is 0.179. The standard InChI is InChI=1S/C50H30N2O3/c1-2-10-33(11-3-1)52-43-28-32(20-25-41(43)49-42-14-6-9-17-46(42)55-50(49)52)31-18-21-34(22-19-31)51(35-23-26-39-37-12-4-7-15-44(37)53-47(39)29-35)36-24-27-40-38-13-5-8-16-45(38)54-48(40)30-36/h1-30H. The van der Waals surface area contributed by atoms with Crippen molar-refractivity contribution in [2.45, 2.75) is 0 Å². The van der Waals surface area contributed by atoms with Crippen LogP contribution in [-0.2, 0) is 0 Å². The maximum Gasteiger partial charge on any atom is 0.213 e. The van der Waals surface area contributed by atoms with E-state index in [4.69, 9.17) is 13.3 Å². The van der Waals surface area contributed by atoms with E-state index in [-0.39, 0.29) is 0 Å². The summed E-state index contributed by atoms with van der Waals surface area (Å²) in [6, 6.07) is 63.6. The van der Waals surface area contributed by atoms with Crippen molar-refractivity contribution in [3.8, 4) is 16.8 Å². The molecule has 4 heterocycles. The molecule has 12 aromatic rings. The van der Waals surface area contributed by atoms with E-state index in [1.54, 1.807) is 0 Å². The Kier molecular flexibility index (Phi) is 6.27. The molecule has 0 N–H and O–H groups in total. The molecule has 12 rings (SSSR count). The fourth-order valence-electron chi connectivity index (χ4n) is 8.46. The number of benzene rings is 8. The molecule has 0 saturated heterocycles. The smallest absolute Gasteiger partial charge is 0.213 e. The van der Waals surface area contributed by atoms with Crippen LogP contribution in [0.3, 0.4) is 0 Å². The monoisotopic (exact) mass is 706 g/mol. The molecule has 0 spiro atoms. The lowest BCUT2D eigenvalue weighted by Gasteiger charge is -2.25. The Morgan fingerprint density at radius 3 is 1.47 bits per heavy atom. The zero-order chi connectivity index (χ0) is 36.0. The van der Waals surface area contributed by atoms with Crippen LogP contribution in [0.25, 0.3) is 93.7 Å². The van der Waals surface area contributed by atoms with Crippen LogP contribution >= 0.6 is 0 Å². The Hall–Kier alpha value is -7.50. The van der Waals surface area contributed by atoms with Gasteiger partial charge in [-0.3, -0.25) is 4.57 Å². The lowest BCUT2D eigenvalue weighted by atomic mass is 10.0. The number of hydrogen-bond donors (Lipinski definition) is 0. The van der Waals surface area contributed by atoms with Gasteiger partial charge in [-0.05, 0) is 83.9 Å². The first kappa shape index (κ1) is 30.0. The summed E-state index contributed by atoms with van der Waals surface area (Å²) in [5, 5.41) is 7.83. The minimum Gasteiger partial charge on any atom is -0.456 e. The molecular weight excluding hydrogens is 677 g/mol. The van der Waals surface area contributed by atoms with Crippen molar-refractivity contribution in [2.75, 3.05) is 4.90 Å². The third-order valence-electron chi connectivity index (χ3n) is 11.0. The molecular formula is C50H30N2O3. The van der Waals surface area contributed by atoms with Crippen LogP contribution in [-0.4, -0.2) is 4.57 Å². The number of aromatic nitrogens is 1. The van der Waals surface area contributed by atoms with Gasteiger partial charge in [-0.15, -0.1) is 0 Å². The van der Waals surface area contributed by atoms with Gasteiger partial charge in [-0.25, -0.2) is 0 Å². The van der Waals surface area contributed by atoms with E-state index in [9.17, 15) is 0 Å². The van der Waals surface area contributed by atoms with E-state index in [1.165, 1.54) is 0 Å². The number of nitrogens with zero attached hydrogens (tertiary/aromatic N) is 2. The molecule has 258 valence electrons. The van der Waals surface area contributed by atoms with E-state index >= 15 is 0 Å². The summed E-state index contributed by atoms with van der Waals surface area (Å²) in [5.41, 5.74) is 12.6. The van der Waals surface area contributed by atoms with Gasteiger partial charge in [-0.2, -0.15) is 0 Å². The van der Waals surface area contributed by atoms with Gasteiger partial charge in [0.2, 0.25) is 5.71 Å². The van der Waals surface area contributed by atoms with Gasteiger partial charge in [0.25, 0.3) is 0 Å². The molecule has 0 aliphatic carbocycles. The number of furan rings is 3. The average Bonchev–Trinajstić information content (AvgIpc) is 3.99. The number of anilines is 3. The highest BCUT2D eigenvalue weighted by Gasteiger charge is 2.21. The molecule has 5 nitrogen and oxygen atoms in total. The van der Waals surface area contributed by atoms with Crippen molar-refractivity contribution >= 4 is 93.9 Å². The highest BCUT2D eigenvalue weighted by molar-refractivity contribution is 6.20. The lowest BCUT2D eigenvalue weighted by Crippen LogP contribution is -2.09. The molecule has 4 aromatic heterocycles.